The summed E-state index contributed by atoms with van der Waals surface area (Å²) in [7, 11) is 0. The van der Waals surface area contributed by atoms with E-state index in [1.54, 1.807) is 0 Å². The van der Waals surface area contributed by atoms with Crippen molar-refractivity contribution in [3.63, 3.8) is 0 Å². The molecule has 0 spiro atoms. The van der Waals surface area contributed by atoms with Crippen LogP contribution in [0.25, 0.3) is 0 Å². The maximum Gasteiger partial charge on any atom is 0.335 e. The third-order valence-electron chi connectivity index (χ3n) is 13.7. The number of esters is 3. The van der Waals surface area contributed by atoms with Gasteiger partial charge in [0, 0.05) is 19.3 Å². The van der Waals surface area contributed by atoms with Crippen molar-refractivity contribution in [3.05, 3.63) is 72.9 Å². The van der Waals surface area contributed by atoms with Crippen LogP contribution in [0.3, 0.4) is 0 Å². The molecule has 0 saturated carbocycles. The molecule has 6 atom stereocenters. The van der Waals surface area contributed by atoms with E-state index >= 15 is 0 Å². The zero-order valence-electron chi connectivity index (χ0n) is 48.7. The van der Waals surface area contributed by atoms with Crippen LogP contribution < -0.4 is 0 Å². The zero-order valence-corrected chi connectivity index (χ0v) is 48.7. The molecule has 1 saturated heterocycles. The summed E-state index contributed by atoms with van der Waals surface area (Å²) in [5.41, 5.74) is 0. The van der Waals surface area contributed by atoms with Crippen molar-refractivity contribution in [2.75, 3.05) is 13.2 Å². The second-order valence-electron chi connectivity index (χ2n) is 20.9. The maximum absolute atomic E-state index is 13.2. The van der Waals surface area contributed by atoms with Gasteiger partial charge in [0.05, 0.1) is 6.61 Å². The monoisotopic (exact) mass is 1080 g/mol. The molecular weight excluding hydrogens is 973 g/mol. The number of carbonyl (C=O) groups is 4. The van der Waals surface area contributed by atoms with Crippen LogP contribution in [0.5, 0.6) is 0 Å². The fourth-order valence-corrected chi connectivity index (χ4v) is 9.00. The maximum atomic E-state index is 13.2. The van der Waals surface area contributed by atoms with Gasteiger partial charge < -0.3 is 39.0 Å². The molecule has 12 nitrogen and oxygen atoms in total. The number of carboxylic acid groups (broad SMARTS) is 1. The molecule has 12 heteroatoms. The van der Waals surface area contributed by atoms with Gasteiger partial charge >= 0.3 is 23.9 Å². The van der Waals surface area contributed by atoms with E-state index in [4.69, 9.17) is 23.7 Å². The topological polar surface area (TPSA) is 175 Å². The van der Waals surface area contributed by atoms with Crippen LogP contribution in [-0.2, 0) is 42.9 Å². The van der Waals surface area contributed by atoms with Crippen LogP contribution in [0.4, 0.5) is 0 Å². The highest BCUT2D eigenvalue weighted by Crippen LogP contribution is 2.26. The van der Waals surface area contributed by atoms with Gasteiger partial charge in [0.2, 0.25) is 0 Å². The van der Waals surface area contributed by atoms with Crippen molar-refractivity contribution < 1.29 is 58.2 Å². The number of aliphatic carboxylic acids is 1. The lowest BCUT2D eigenvalue weighted by atomic mass is 9.98. The molecule has 442 valence electrons. The van der Waals surface area contributed by atoms with Gasteiger partial charge in [-0.15, -0.1) is 0 Å². The summed E-state index contributed by atoms with van der Waals surface area (Å²) in [4.78, 5) is 51.2. The predicted molar refractivity (Wildman–Crippen MR) is 312 cm³/mol. The summed E-state index contributed by atoms with van der Waals surface area (Å²) in [6, 6.07) is 0. The van der Waals surface area contributed by atoms with Gasteiger partial charge in [0.15, 0.2) is 24.6 Å². The number of unbranched alkanes of at least 4 members (excludes halogenated alkanes) is 26. The quantitative estimate of drug-likeness (QED) is 0.0228. The van der Waals surface area contributed by atoms with Crippen molar-refractivity contribution in [3.8, 4) is 0 Å². The highest BCUT2D eigenvalue weighted by atomic mass is 16.7. The molecule has 1 aliphatic heterocycles. The average Bonchev–Trinajstić information content (AvgIpc) is 3.43. The van der Waals surface area contributed by atoms with E-state index in [2.05, 4.69) is 93.7 Å². The van der Waals surface area contributed by atoms with E-state index in [9.17, 15) is 34.5 Å². The Morgan fingerprint density at radius 2 is 0.818 bits per heavy atom. The molecule has 77 heavy (non-hydrogen) atoms. The number of hydrogen-bond donors (Lipinski definition) is 3. The van der Waals surface area contributed by atoms with Gasteiger partial charge in [0.1, 0.15) is 18.8 Å². The number of ether oxygens (including phenoxy) is 5. The van der Waals surface area contributed by atoms with E-state index in [0.717, 1.165) is 122 Å². The first-order valence-corrected chi connectivity index (χ1v) is 30.9. The third kappa shape index (κ3) is 42.7. The molecule has 0 aromatic carbocycles. The van der Waals surface area contributed by atoms with Gasteiger partial charge in [-0.05, 0) is 109 Å². The molecule has 0 aromatic heterocycles. The highest BCUT2D eigenvalue weighted by Gasteiger charge is 2.50. The van der Waals surface area contributed by atoms with E-state index < -0.39 is 67.3 Å². The van der Waals surface area contributed by atoms with Crippen LogP contribution in [0, 0.1) is 0 Å². The molecule has 6 unspecified atom stereocenters. The molecule has 1 heterocycles. The van der Waals surface area contributed by atoms with E-state index in [0.29, 0.717) is 19.3 Å². The molecule has 0 bridgehead atoms. The first-order chi connectivity index (χ1) is 37.6. The Hall–Kier alpha value is -3.84. The first-order valence-electron chi connectivity index (χ1n) is 30.9. The summed E-state index contributed by atoms with van der Waals surface area (Å²) in [6.45, 7) is 5.84. The van der Waals surface area contributed by atoms with Crippen LogP contribution in [0.2, 0.25) is 0 Å². The average molecular weight is 1080 g/mol. The Morgan fingerprint density at radius 1 is 0.442 bits per heavy atom. The van der Waals surface area contributed by atoms with Crippen molar-refractivity contribution in [2.45, 2.75) is 302 Å². The SMILES string of the molecule is CC/C=C\C/C=C\C/C=C\CCCCCCCC(=O)OC(COC(=O)CCCCCCCCC/C=C\CCCCCCCC)COC1OC(C(=O)O)C(O)C(O)C1OC(=O)CCCCCCC/C=C\C/C=C\CCCCC. The van der Waals surface area contributed by atoms with E-state index in [1.165, 1.54) is 83.5 Å². The Kier molecular flexibility index (Phi) is 48.8. The molecule has 1 aliphatic rings. The van der Waals surface area contributed by atoms with Crippen LogP contribution >= 0.6 is 0 Å². The lowest BCUT2D eigenvalue weighted by Gasteiger charge is -2.40. The van der Waals surface area contributed by atoms with E-state index in [-0.39, 0.29) is 25.9 Å². The number of carboxylic acids is 1. The second kappa shape index (κ2) is 52.8. The lowest BCUT2D eigenvalue weighted by Crippen LogP contribution is -2.61. The van der Waals surface area contributed by atoms with Gasteiger partial charge in [-0.1, -0.05) is 209 Å². The number of aliphatic hydroxyl groups excluding tert-OH is 2. The minimum Gasteiger partial charge on any atom is -0.479 e. The number of hydrogen-bond acceptors (Lipinski definition) is 11. The van der Waals surface area contributed by atoms with Crippen molar-refractivity contribution in [1.82, 2.24) is 0 Å². The summed E-state index contributed by atoms with van der Waals surface area (Å²) in [5, 5.41) is 31.5. The molecule has 1 fully saturated rings. The van der Waals surface area contributed by atoms with Crippen molar-refractivity contribution >= 4 is 23.9 Å². The Balaban J connectivity index is 2.70. The third-order valence-corrected chi connectivity index (χ3v) is 13.7. The van der Waals surface area contributed by atoms with Crippen LogP contribution in [0.1, 0.15) is 265 Å². The minimum atomic E-state index is -1.91. The zero-order chi connectivity index (χ0) is 56.1. The molecular formula is C65H110O12. The Labute approximate surface area is 468 Å². The predicted octanol–water partition coefficient (Wildman–Crippen LogP) is 16.1. The highest BCUT2D eigenvalue weighted by molar-refractivity contribution is 5.74. The summed E-state index contributed by atoms with van der Waals surface area (Å²) in [6.07, 6.45) is 54.3. The number of rotatable bonds is 52. The Morgan fingerprint density at radius 3 is 1.29 bits per heavy atom. The fourth-order valence-electron chi connectivity index (χ4n) is 9.00. The largest absolute Gasteiger partial charge is 0.479 e. The molecule has 0 aliphatic carbocycles. The van der Waals surface area contributed by atoms with Gasteiger partial charge in [-0.25, -0.2) is 4.79 Å². The molecule has 3 N–H and O–H groups in total. The van der Waals surface area contributed by atoms with Crippen molar-refractivity contribution in [2.24, 2.45) is 0 Å². The van der Waals surface area contributed by atoms with Crippen LogP contribution in [0.15, 0.2) is 72.9 Å². The summed E-state index contributed by atoms with van der Waals surface area (Å²) in [5.74, 6) is -3.16. The minimum absolute atomic E-state index is 0.0405. The van der Waals surface area contributed by atoms with E-state index in [1.807, 2.05) is 0 Å². The van der Waals surface area contributed by atoms with Gasteiger partial charge in [-0.3, -0.25) is 14.4 Å². The van der Waals surface area contributed by atoms with Crippen molar-refractivity contribution in [1.29, 1.82) is 0 Å². The number of aliphatic hydroxyl groups is 2. The lowest BCUT2D eigenvalue weighted by molar-refractivity contribution is -0.301. The van der Waals surface area contributed by atoms with Gasteiger partial charge in [0.25, 0.3) is 0 Å². The number of carbonyl (C=O) groups excluding carboxylic acids is 3. The standard InChI is InChI=1S/C65H110O12/c1-4-7-10-13-16-19-22-25-28-29-32-33-36-39-42-45-48-51-57(66)73-54-56(75-58(67)52-49-46-43-40-37-34-30-26-23-20-17-14-11-8-5-2)55-74-65-63(61(70)60(69)62(77-65)64(71)72)76-59(68)53-50-47-44-41-38-35-31-27-24-21-18-15-12-9-6-3/h8,11,17-18,20-21,25-28,30-31,56,60-63,65,69-70H,4-7,9-10,12-16,19,22-24,29,32-55H2,1-3H3,(H,71,72)/b11-8-,20-17-,21-18-,28-25-,30-26-,31-27-. The number of allylic oxidation sites excluding steroid dienone is 12. The Bertz CT molecular complexity index is 1620. The summed E-state index contributed by atoms with van der Waals surface area (Å²) >= 11 is 0. The first kappa shape index (κ1) is 71.2. The normalized spacial score (nSPS) is 18.5. The molecule has 0 radical (unpaired) electrons. The van der Waals surface area contributed by atoms with Gasteiger partial charge in [-0.2, -0.15) is 0 Å². The fraction of sp³-hybridized carbons (Fsp3) is 0.754. The molecule has 0 aromatic rings. The second-order valence-corrected chi connectivity index (χ2v) is 20.9. The van der Waals surface area contributed by atoms with Crippen LogP contribution in [-0.4, -0.2) is 89.2 Å². The smallest absolute Gasteiger partial charge is 0.335 e. The molecule has 1 rings (SSSR count). The summed E-state index contributed by atoms with van der Waals surface area (Å²) < 4.78 is 28.4. The molecule has 0 amide bonds.